The summed E-state index contributed by atoms with van der Waals surface area (Å²) in [6.07, 6.45) is 3.11. The number of thiazole rings is 1. The minimum atomic E-state index is -3.60. The number of nitrogens with one attached hydrogen (secondary N) is 1. The van der Waals surface area contributed by atoms with Gasteiger partial charge in [0.15, 0.2) is 5.13 Å². The zero-order chi connectivity index (χ0) is 19.6. The van der Waals surface area contributed by atoms with Crippen LogP contribution in [-0.4, -0.2) is 35.8 Å². The number of anilines is 2. The number of hydrogen-bond donors (Lipinski definition) is 1. The molecule has 0 aliphatic carbocycles. The van der Waals surface area contributed by atoms with Gasteiger partial charge in [0.2, 0.25) is 10.0 Å². The van der Waals surface area contributed by atoms with Gasteiger partial charge in [-0.2, -0.15) is 4.31 Å². The normalized spacial score (nSPS) is 16.2. The minimum absolute atomic E-state index is 0.125. The van der Waals surface area contributed by atoms with Gasteiger partial charge in [-0.15, -0.1) is 11.3 Å². The first-order valence-corrected chi connectivity index (χ1v) is 11.2. The SMILES string of the molecule is O=S(=O)(c1ccc(F)cc1)N1CCC(c2cccc(Nc3nccs3)n2)CC1. The Hall–Kier alpha value is -2.36. The topological polar surface area (TPSA) is 75.2 Å². The number of piperidine rings is 1. The van der Waals surface area contributed by atoms with Gasteiger partial charge in [-0.25, -0.2) is 22.8 Å². The maximum Gasteiger partial charge on any atom is 0.243 e. The molecule has 0 radical (unpaired) electrons. The third kappa shape index (κ3) is 4.06. The molecule has 2 aromatic heterocycles. The molecule has 1 aliphatic heterocycles. The summed E-state index contributed by atoms with van der Waals surface area (Å²) in [4.78, 5) is 8.99. The molecular formula is C19H19FN4O2S2. The molecule has 0 unspecified atom stereocenters. The summed E-state index contributed by atoms with van der Waals surface area (Å²) in [5.41, 5.74) is 0.945. The number of sulfonamides is 1. The van der Waals surface area contributed by atoms with E-state index in [0.717, 1.165) is 16.6 Å². The predicted molar refractivity (Wildman–Crippen MR) is 107 cm³/mol. The van der Waals surface area contributed by atoms with Crippen molar-refractivity contribution in [2.24, 2.45) is 0 Å². The summed E-state index contributed by atoms with van der Waals surface area (Å²) < 4.78 is 40.0. The van der Waals surface area contributed by atoms with E-state index in [0.29, 0.717) is 25.9 Å². The summed E-state index contributed by atoms with van der Waals surface area (Å²) in [6, 6.07) is 10.8. The van der Waals surface area contributed by atoms with E-state index in [4.69, 9.17) is 0 Å². The molecule has 6 nitrogen and oxygen atoms in total. The lowest BCUT2D eigenvalue weighted by Crippen LogP contribution is -2.38. The zero-order valence-corrected chi connectivity index (χ0v) is 16.6. The quantitative estimate of drug-likeness (QED) is 0.678. The summed E-state index contributed by atoms with van der Waals surface area (Å²) in [5.74, 6) is 0.474. The Morgan fingerprint density at radius 1 is 1.11 bits per heavy atom. The molecular weight excluding hydrogens is 399 g/mol. The van der Waals surface area contributed by atoms with Gasteiger partial charge in [0.05, 0.1) is 4.90 Å². The van der Waals surface area contributed by atoms with Gasteiger partial charge in [0, 0.05) is 36.3 Å². The lowest BCUT2D eigenvalue weighted by molar-refractivity contribution is 0.317. The standard InChI is InChI=1S/C19H19FN4O2S2/c20-15-4-6-16(7-5-15)28(25,26)24-11-8-14(9-12-24)17-2-1-3-18(22-17)23-19-21-10-13-27-19/h1-7,10,13-14H,8-9,11-12H2,(H,21,22,23). The molecule has 0 amide bonds. The Labute approximate surface area is 167 Å². The Kier molecular flexibility index (Phi) is 5.38. The number of aromatic nitrogens is 2. The molecule has 0 bridgehead atoms. The highest BCUT2D eigenvalue weighted by Crippen LogP contribution is 2.30. The monoisotopic (exact) mass is 418 g/mol. The molecule has 1 fully saturated rings. The molecule has 9 heteroatoms. The average Bonchev–Trinajstić information content (AvgIpc) is 3.22. The number of rotatable bonds is 5. The summed E-state index contributed by atoms with van der Waals surface area (Å²) in [7, 11) is -3.60. The molecule has 1 saturated heterocycles. The Morgan fingerprint density at radius 2 is 1.86 bits per heavy atom. The summed E-state index contributed by atoms with van der Waals surface area (Å²) in [6.45, 7) is 0.826. The molecule has 146 valence electrons. The first kappa shape index (κ1) is 19.0. The second kappa shape index (κ2) is 7.94. The maximum atomic E-state index is 13.1. The van der Waals surface area contributed by atoms with Crippen LogP contribution in [0.4, 0.5) is 15.3 Å². The largest absolute Gasteiger partial charge is 0.316 e. The van der Waals surface area contributed by atoms with Gasteiger partial charge in [-0.1, -0.05) is 6.07 Å². The molecule has 0 atom stereocenters. The molecule has 28 heavy (non-hydrogen) atoms. The molecule has 0 saturated carbocycles. The van der Waals surface area contributed by atoms with Crippen molar-refractivity contribution in [3.05, 3.63) is 65.6 Å². The summed E-state index contributed by atoms with van der Waals surface area (Å²) in [5, 5.41) is 5.86. The van der Waals surface area contributed by atoms with Crippen molar-refractivity contribution in [1.29, 1.82) is 0 Å². The van der Waals surface area contributed by atoms with Crippen molar-refractivity contribution in [3.8, 4) is 0 Å². The van der Waals surface area contributed by atoms with Crippen LogP contribution < -0.4 is 5.32 Å². The fourth-order valence-corrected chi connectivity index (χ4v) is 5.30. The molecule has 4 rings (SSSR count). The molecule has 3 heterocycles. The molecule has 1 N–H and O–H groups in total. The van der Waals surface area contributed by atoms with Crippen molar-refractivity contribution in [2.45, 2.75) is 23.7 Å². The van der Waals surface area contributed by atoms with Gasteiger partial charge in [-0.3, -0.25) is 0 Å². The van der Waals surface area contributed by atoms with Crippen molar-refractivity contribution in [1.82, 2.24) is 14.3 Å². The van der Waals surface area contributed by atoms with Crippen molar-refractivity contribution >= 4 is 32.3 Å². The van der Waals surface area contributed by atoms with Gasteiger partial charge in [0.25, 0.3) is 0 Å². The van der Waals surface area contributed by atoms with Crippen LogP contribution in [0.3, 0.4) is 0 Å². The lowest BCUT2D eigenvalue weighted by Gasteiger charge is -2.31. The highest BCUT2D eigenvalue weighted by molar-refractivity contribution is 7.89. The van der Waals surface area contributed by atoms with Crippen LogP contribution >= 0.6 is 11.3 Å². The maximum absolute atomic E-state index is 13.1. The van der Waals surface area contributed by atoms with E-state index in [-0.39, 0.29) is 10.8 Å². The van der Waals surface area contributed by atoms with Crippen LogP contribution in [0.15, 0.2) is 58.9 Å². The van der Waals surface area contributed by atoms with Crippen LogP contribution in [0.1, 0.15) is 24.5 Å². The zero-order valence-electron chi connectivity index (χ0n) is 15.0. The van der Waals surface area contributed by atoms with E-state index in [9.17, 15) is 12.8 Å². The fourth-order valence-electron chi connectivity index (χ4n) is 3.29. The van der Waals surface area contributed by atoms with Gasteiger partial charge >= 0.3 is 0 Å². The van der Waals surface area contributed by atoms with Crippen LogP contribution in [0, 0.1) is 5.82 Å². The second-order valence-corrected chi connectivity index (χ2v) is 9.37. The average molecular weight is 419 g/mol. The Morgan fingerprint density at radius 3 is 2.54 bits per heavy atom. The van der Waals surface area contributed by atoms with Crippen molar-refractivity contribution in [3.63, 3.8) is 0 Å². The van der Waals surface area contributed by atoms with Crippen LogP contribution in [-0.2, 0) is 10.0 Å². The fraction of sp³-hybridized carbons (Fsp3) is 0.263. The van der Waals surface area contributed by atoms with Crippen molar-refractivity contribution < 1.29 is 12.8 Å². The molecule has 1 aliphatic rings. The first-order chi connectivity index (χ1) is 13.5. The highest BCUT2D eigenvalue weighted by Gasteiger charge is 2.30. The Bertz CT molecular complexity index is 1030. The second-order valence-electron chi connectivity index (χ2n) is 6.54. The summed E-state index contributed by atoms with van der Waals surface area (Å²) >= 11 is 1.50. The highest BCUT2D eigenvalue weighted by atomic mass is 32.2. The number of hydrogen-bond acceptors (Lipinski definition) is 6. The number of nitrogens with zero attached hydrogens (tertiary/aromatic N) is 3. The smallest absolute Gasteiger partial charge is 0.243 e. The number of benzene rings is 1. The van der Waals surface area contributed by atoms with Crippen molar-refractivity contribution in [2.75, 3.05) is 18.4 Å². The van der Waals surface area contributed by atoms with Crippen LogP contribution in [0.2, 0.25) is 0 Å². The molecule has 1 aromatic carbocycles. The van der Waals surface area contributed by atoms with E-state index in [2.05, 4.69) is 15.3 Å². The molecule has 3 aromatic rings. The van der Waals surface area contributed by atoms with E-state index in [1.165, 1.54) is 39.9 Å². The van der Waals surface area contributed by atoms with Crippen LogP contribution in [0.5, 0.6) is 0 Å². The third-order valence-corrected chi connectivity index (χ3v) is 7.36. The predicted octanol–water partition coefficient (Wildman–Crippen LogP) is 3.99. The van der Waals surface area contributed by atoms with Crippen LogP contribution in [0.25, 0.3) is 0 Å². The Balaban J connectivity index is 1.43. The van der Waals surface area contributed by atoms with E-state index in [1.54, 1.807) is 6.20 Å². The number of halogens is 1. The van der Waals surface area contributed by atoms with E-state index >= 15 is 0 Å². The van der Waals surface area contributed by atoms with Gasteiger partial charge < -0.3 is 5.32 Å². The first-order valence-electron chi connectivity index (χ1n) is 8.91. The number of pyridine rings is 1. The lowest BCUT2D eigenvalue weighted by atomic mass is 9.94. The van der Waals surface area contributed by atoms with E-state index in [1.807, 2.05) is 23.6 Å². The third-order valence-electron chi connectivity index (χ3n) is 4.76. The van der Waals surface area contributed by atoms with E-state index < -0.39 is 15.8 Å². The molecule has 0 spiro atoms. The minimum Gasteiger partial charge on any atom is -0.316 e. The van der Waals surface area contributed by atoms with Gasteiger partial charge in [-0.05, 0) is 49.2 Å². The van der Waals surface area contributed by atoms with Gasteiger partial charge in [0.1, 0.15) is 11.6 Å².